The van der Waals surface area contributed by atoms with Crippen molar-refractivity contribution in [2.24, 2.45) is 0 Å². The Morgan fingerprint density at radius 3 is 2.60 bits per heavy atom. The lowest BCUT2D eigenvalue weighted by Crippen LogP contribution is -2.10. The van der Waals surface area contributed by atoms with Crippen LogP contribution in [-0.2, 0) is 4.74 Å². The Bertz CT molecular complexity index is 646. The number of nitrogens with two attached hydrogens (primary N) is 1. The number of hydrogen-bond acceptors (Lipinski definition) is 7. The first-order valence-corrected chi connectivity index (χ1v) is 5.86. The van der Waals surface area contributed by atoms with Gasteiger partial charge in [0.2, 0.25) is 5.88 Å². The summed E-state index contributed by atoms with van der Waals surface area (Å²) in [6.07, 6.45) is 1.50. The van der Waals surface area contributed by atoms with E-state index in [9.17, 15) is 4.79 Å². The molecule has 0 aliphatic heterocycles. The molecule has 8 heteroatoms. The molecule has 0 fully saturated rings. The molecule has 7 nitrogen and oxygen atoms in total. The highest BCUT2D eigenvalue weighted by Crippen LogP contribution is 2.25. The Hall–Kier alpha value is -2.41. The van der Waals surface area contributed by atoms with Crippen molar-refractivity contribution >= 4 is 23.4 Å². The number of anilines is 1. The maximum Gasteiger partial charge on any atom is 0.358 e. The van der Waals surface area contributed by atoms with Crippen LogP contribution in [0.25, 0.3) is 11.4 Å². The van der Waals surface area contributed by atoms with Crippen LogP contribution in [0.3, 0.4) is 0 Å². The summed E-state index contributed by atoms with van der Waals surface area (Å²) in [5, 5.41) is -0.0397. The number of methoxy groups -OCH3 is 2. The van der Waals surface area contributed by atoms with E-state index in [1.165, 1.54) is 20.4 Å². The number of carbonyl (C=O) groups excluding carboxylic acids is 1. The van der Waals surface area contributed by atoms with Gasteiger partial charge in [0.25, 0.3) is 0 Å². The number of rotatable bonds is 3. The van der Waals surface area contributed by atoms with E-state index >= 15 is 0 Å². The van der Waals surface area contributed by atoms with Crippen LogP contribution in [0.1, 0.15) is 10.5 Å². The second kappa shape index (κ2) is 5.70. The predicted molar refractivity (Wildman–Crippen MR) is 72.6 cm³/mol. The smallest absolute Gasteiger partial charge is 0.358 e. The third kappa shape index (κ3) is 2.62. The van der Waals surface area contributed by atoms with Crippen molar-refractivity contribution in [2.75, 3.05) is 20.0 Å². The molecule has 0 atom stereocenters. The molecule has 0 aliphatic rings. The molecule has 0 aromatic carbocycles. The molecule has 2 N–H and O–H groups in total. The SMILES string of the molecule is COC(=O)c1nc(-c2ccc(OC)nc2)nc(N)c1Cl. The van der Waals surface area contributed by atoms with Gasteiger partial charge in [0.15, 0.2) is 11.5 Å². The van der Waals surface area contributed by atoms with E-state index in [0.29, 0.717) is 11.4 Å². The van der Waals surface area contributed by atoms with Crippen LogP contribution in [0.4, 0.5) is 5.82 Å². The van der Waals surface area contributed by atoms with Gasteiger partial charge in [-0.25, -0.2) is 19.7 Å². The topological polar surface area (TPSA) is 100 Å². The zero-order valence-corrected chi connectivity index (χ0v) is 11.5. The van der Waals surface area contributed by atoms with Crippen LogP contribution in [0.15, 0.2) is 18.3 Å². The highest BCUT2D eigenvalue weighted by molar-refractivity contribution is 6.35. The number of nitrogens with zero attached hydrogens (tertiary/aromatic N) is 3. The van der Waals surface area contributed by atoms with Crippen LogP contribution in [-0.4, -0.2) is 35.1 Å². The molecule has 2 aromatic heterocycles. The van der Waals surface area contributed by atoms with E-state index in [1.807, 2.05) is 0 Å². The Morgan fingerprint density at radius 2 is 2.05 bits per heavy atom. The van der Waals surface area contributed by atoms with Gasteiger partial charge >= 0.3 is 5.97 Å². The molecule has 2 aromatic rings. The van der Waals surface area contributed by atoms with Gasteiger partial charge in [-0.2, -0.15) is 0 Å². The summed E-state index contributed by atoms with van der Waals surface area (Å²) in [4.78, 5) is 23.7. The lowest BCUT2D eigenvalue weighted by molar-refractivity contribution is 0.0594. The van der Waals surface area contributed by atoms with Crippen LogP contribution < -0.4 is 10.5 Å². The molecule has 2 heterocycles. The molecule has 0 unspecified atom stereocenters. The third-order valence-electron chi connectivity index (χ3n) is 2.46. The summed E-state index contributed by atoms with van der Waals surface area (Å²) in [6.45, 7) is 0. The van der Waals surface area contributed by atoms with E-state index in [1.54, 1.807) is 12.1 Å². The number of hydrogen-bond donors (Lipinski definition) is 1. The van der Waals surface area contributed by atoms with E-state index in [2.05, 4.69) is 19.7 Å². The van der Waals surface area contributed by atoms with E-state index in [4.69, 9.17) is 22.1 Å². The Labute approximate surface area is 119 Å². The third-order valence-corrected chi connectivity index (χ3v) is 2.83. The lowest BCUT2D eigenvalue weighted by atomic mass is 10.2. The Balaban J connectivity index is 2.51. The van der Waals surface area contributed by atoms with Gasteiger partial charge < -0.3 is 15.2 Å². The Kier molecular flexibility index (Phi) is 3.99. The molecule has 0 bridgehead atoms. The van der Waals surface area contributed by atoms with Crippen LogP contribution in [0, 0.1) is 0 Å². The summed E-state index contributed by atoms with van der Waals surface area (Å²) in [6, 6.07) is 3.33. The molecule has 0 radical (unpaired) electrons. The van der Waals surface area contributed by atoms with E-state index in [0.717, 1.165) is 0 Å². The number of aromatic nitrogens is 3. The molecule has 0 saturated heterocycles. The fraction of sp³-hybridized carbons (Fsp3) is 0.167. The van der Waals surface area contributed by atoms with Crippen molar-refractivity contribution in [3.63, 3.8) is 0 Å². The fourth-order valence-electron chi connectivity index (χ4n) is 1.46. The number of halogens is 1. The minimum atomic E-state index is -0.688. The molecule has 0 saturated carbocycles. The zero-order valence-electron chi connectivity index (χ0n) is 10.8. The average Bonchev–Trinajstić information content (AvgIpc) is 2.49. The minimum Gasteiger partial charge on any atom is -0.481 e. The first-order valence-electron chi connectivity index (χ1n) is 5.48. The molecule has 104 valence electrons. The largest absolute Gasteiger partial charge is 0.481 e. The standard InChI is InChI=1S/C12H11ClN4O3/c1-19-7-4-3-6(5-15-7)11-16-9(12(18)20-2)8(13)10(14)17-11/h3-5H,1-2H3,(H2,14,16,17). The zero-order chi connectivity index (χ0) is 14.7. The number of esters is 1. The molecule has 0 amide bonds. The first-order chi connectivity index (χ1) is 9.56. The average molecular weight is 295 g/mol. The summed E-state index contributed by atoms with van der Waals surface area (Å²) < 4.78 is 9.55. The maximum absolute atomic E-state index is 11.6. The van der Waals surface area contributed by atoms with Crippen molar-refractivity contribution in [2.45, 2.75) is 0 Å². The van der Waals surface area contributed by atoms with E-state index in [-0.39, 0.29) is 22.4 Å². The van der Waals surface area contributed by atoms with Crippen molar-refractivity contribution in [3.8, 4) is 17.3 Å². The van der Waals surface area contributed by atoms with Crippen molar-refractivity contribution in [3.05, 3.63) is 29.0 Å². The van der Waals surface area contributed by atoms with Crippen molar-refractivity contribution < 1.29 is 14.3 Å². The molecule has 20 heavy (non-hydrogen) atoms. The quantitative estimate of drug-likeness (QED) is 0.857. The highest BCUT2D eigenvalue weighted by Gasteiger charge is 2.18. The van der Waals surface area contributed by atoms with Gasteiger partial charge in [-0.1, -0.05) is 11.6 Å². The number of ether oxygens (including phenoxy) is 2. The summed E-state index contributed by atoms with van der Waals surface area (Å²) in [5.74, 6) is -0.0222. The molecule has 2 rings (SSSR count). The molecular formula is C12H11ClN4O3. The van der Waals surface area contributed by atoms with Gasteiger partial charge in [-0.05, 0) is 6.07 Å². The summed E-state index contributed by atoms with van der Waals surface area (Å²) in [7, 11) is 2.74. The lowest BCUT2D eigenvalue weighted by Gasteiger charge is -2.07. The predicted octanol–water partition coefficient (Wildman–Crippen LogP) is 1.57. The van der Waals surface area contributed by atoms with Crippen LogP contribution in [0.2, 0.25) is 5.02 Å². The molecule has 0 aliphatic carbocycles. The normalized spacial score (nSPS) is 10.2. The van der Waals surface area contributed by atoms with Gasteiger partial charge in [0.05, 0.1) is 14.2 Å². The number of nitrogen functional groups attached to an aromatic ring is 1. The monoisotopic (exact) mass is 294 g/mol. The summed E-state index contributed by atoms with van der Waals surface area (Å²) in [5.41, 5.74) is 6.15. The van der Waals surface area contributed by atoms with Gasteiger partial charge in [0, 0.05) is 17.8 Å². The van der Waals surface area contributed by atoms with E-state index < -0.39 is 5.97 Å². The molecule has 0 spiro atoms. The molecular weight excluding hydrogens is 284 g/mol. The van der Waals surface area contributed by atoms with Crippen molar-refractivity contribution in [1.82, 2.24) is 15.0 Å². The highest BCUT2D eigenvalue weighted by atomic mass is 35.5. The van der Waals surface area contributed by atoms with Gasteiger partial charge in [-0.3, -0.25) is 0 Å². The Morgan fingerprint density at radius 1 is 1.30 bits per heavy atom. The maximum atomic E-state index is 11.6. The van der Waals surface area contributed by atoms with Gasteiger partial charge in [-0.15, -0.1) is 0 Å². The summed E-state index contributed by atoms with van der Waals surface area (Å²) >= 11 is 5.89. The first kappa shape index (κ1) is 14.0. The van der Waals surface area contributed by atoms with Gasteiger partial charge in [0.1, 0.15) is 10.8 Å². The second-order valence-electron chi connectivity index (χ2n) is 3.68. The fourth-order valence-corrected chi connectivity index (χ4v) is 1.62. The second-order valence-corrected chi connectivity index (χ2v) is 4.05. The van der Waals surface area contributed by atoms with Crippen molar-refractivity contribution in [1.29, 1.82) is 0 Å². The van der Waals surface area contributed by atoms with Crippen LogP contribution in [0.5, 0.6) is 5.88 Å². The minimum absolute atomic E-state index is 0.00659. The van der Waals surface area contributed by atoms with Crippen LogP contribution >= 0.6 is 11.6 Å². The number of pyridine rings is 1. The number of carbonyl (C=O) groups is 1.